The molecule has 0 spiro atoms. The number of nitrogens with one attached hydrogen (secondary N) is 1. The first-order valence-corrected chi connectivity index (χ1v) is 9.64. The number of oxime groups is 1. The van der Waals surface area contributed by atoms with Crippen LogP contribution in [0.4, 0.5) is 0 Å². The molecule has 1 aliphatic heterocycles. The molecule has 2 aromatic rings. The minimum Gasteiger partial charge on any atom is -0.497 e. The maximum absolute atomic E-state index is 12.3. The molecule has 0 saturated heterocycles. The Morgan fingerprint density at radius 3 is 2.63 bits per heavy atom. The van der Waals surface area contributed by atoms with E-state index in [1.807, 2.05) is 24.3 Å². The molecule has 0 saturated carbocycles. The van der Waals surface area contributed by atoms with Gasteiger partial charge in [0.15, 0.2) is 0 Å². The number of aliphatic hydroxyl groups is 1. The standard InChI is InChI=1S/C22H26N2O6/c1-27-18-6-3-5-15(10-18)9-16-11-21(30-24-16)22(26)23-13-17(25)14-29-20-8-4-7-19(12-20)28-2/h3-8,10,12,17,21,25H,9,11,13-14H2,1-2H3,(H,23,26). The van der Waals surface area contributed by atoms with Crippen molar-refractivity contribution in [1.82, 2.24) is 5.32 Å². The normalized spacial score (nSPS) is 16.2. The minimum absolute atomic E-state index is 0.0383. The molecule has 30 heavy (non-hydrogen) atoms. The van der Waals surface area contributed by atoms with Gasteiger partial charge in [-0.15, -0.1) is 0 Å². The lowest BCUT2D eigenvalue weighted by Gasteiger charge is -2.15. The predicted molar refractivity (Wildman–Crippen MR) is 111 cm³/mol. The molecular formula is C22H26N2O6. The van der Waals surface area contributed by atoms with Gasteiger partial charge in [-0.25, -0.2) is 0 Å². The first kappa shape index (κ1) is 21.4. The number of hydrogen-bond acceptors (Lipinski definition) is 7. The minimum atomic E-state index is -0.862. The molecule has 2 N–H and O–H groups in total. The molecule has 0 aliphatic carbocycles. The zero-order chi connectivity index (χ0) is 21.3. The number of ether oxygens (including phenoxy) is 3. The van der Waals surface area contributed by atoms with Gasteiger partial charge in [-0.3, -0.25) is 4.79 Å². The van der Waals surface area contributed by atoms with E-state index in [4.69, 9.17) is 19.0 Å². The largest absolute Gasteiger partial charge is 0.497 e. The zero-order valence-electron chi connectivity index (χ0n) is 17.0. The van der Waals surface area contributed by atoms with Crippen LogP contribution in [-0.2, 0) is 16.1 Å². The topological polar surface area (TPSA) is 98.6 Å². The molecule has 1 aliphatic rings. The number of benzene rings is 2. The average Bonchev–Trinajstić information content (AvgIpc) is 3.24. The molecule has 0 bridgehead atoms. The van der Waals surface area contributed by atoms with Crippen molar-refractivity contribution in [1.29, 1.82) is 0 Å². The van der Waals surface area contributed by atoms with E-state index in [2.05, 4.69) is 10.5 Å². The Bertz CT molecular complexity index is 885. The fourth-order valence-corrected chi connectivity index (χ4v) is 2.96. The maximum Gasteiger partial charge on any atom is 0.264 e. The van der Waals surface area contributed by atoms with Crippen LogP contribution in [0.2, 0.25) is 0 Å². The third kappa shape index (κ3) is 6.12. The van der Waals surface area contributed by atoms with Gasteiger partial charge in [-0.1, -0.05) is 23.4 Å². The van der Waals surface area contributed by atoms with Gasteiger partial charge in [0.1, 0.15) is 30.0 Å². The molecule has 2 atom stereocenters. The highest BCUT2D eigenvalue weighted by Crippen LogP contribution is 2.19. The Morgan fingerprint density at radius 1 is 1.17 bits per heavy atom. The van der Waals surface area contributed by atoms with Crippen molar-refractivity contribution < 1.29 is 28.9 Å². The maximum atomic E-state index is 12.3. The third-order valence-electron chi connectivity index (χ3n) is 4.56. The summed E-state index contributed by atoms with van der Waals surface area (Å²) in [6, 6.07) is 14.8. The van der Waals surface area contributed by atoms with E-state index in [-0.39, 0.29) is 19.1 Å². The predicted octanol–water partition coefficient (Wildman–Crippen LogP) is 1.95. The van der Waals surface area contributed by atoms with Gasteiger partial charge in [0.2, 0.25) is 6.10 Å². The van der Waals surface area contributed by atoms with E-state index < -0.39 is 12.2 Å². The summed E-state index contributed by atoms with van der Waals surface area (Å²) in [7, 11) is 3.19. The Balaban J connectivity index is 1.39. The highest BCUT2D eigenvalue weighted by molar-refractivity contribution is 5.94. The number of carbonyl (C=O) groups is 1. The number of carbonyl (C=O) groups excluding carboxylic acids is 1. The summed E-state index contributed by atoms with van der Waals surface area (Å²) in [5.41, 5.74) is 1.81. The van der Waals surface area contributed by atoms with Crippen LogP contribution in [0.25, 0.3) is 0 Å². The van der Waals surface area contributed by atoms with Gasteiger partial charge >= 0.3 is 0 Å². The lowest BCUT2D eigenvalue weighted by Crippen LogP contribution is -2.40. The monoisotopic (exact) mass is 414 g/mol. The van der Waals surface area contributed by atoms with E-state index in [0.29, 0.717) is 24.3 Å². The van der Waals surface area contributed by atoms with Gasteiger partial charge in [0, 0.05) is 25.5 Å². The molecule has 1 heterocycles. The lowest BCUT2D eigenvalue weighted by molar-refractivity contribution is -0.131. The molecule has 2 aromatic carbocycles. The fraction of sp³-hybridized carbons (Fsp3) is 0.364. The first-order chi connectivity index (χ1) is 14.6. The van der Waals surface area contributed by atoms with Crippen molar-refractivity contribution in [2.75, 3.05) is 27.4 Å². The summed E-state index contributed by atoms with van der Waals surface area (Å²) >= 11 is 0. The highest BCUT2D eigenvalue weighted by atomic mass is 16.6. The van der Waals surface area contributed by atoms with Crippen molar-refractivity contribution in [3.8, 4) is 17.2 Å². The fourth-order valence-electron chi connectivity index (χ4n) is 2.96. The van der Waals surface area contributed by atoms with Gasteiger partial charge in [0.25, 0.3) is 5.91 Å². The zero-order valence-corrected chi connectivity index (χ0v) is 17.0. The van der Waals surface area contributed by atoms with Crippen LogP contribution in [0.1, 0.15) is 12.0 Å². The summed E-state index contributed by atoms with van der Waals surface area (Å²) in [5, 5.41) is 16.8. The summed E-state index contributed by atoms with van der Waals surface area (Å²) in [4.78, 5) is 17.6. The summed E-state index contributed by atoms with van der Waals surface area (Å²) in [5.74, 6) is 1.69. The highest BCUT2D eigenvalue weighted by Gasteiger charge is 2.28. The Hall–Kier alpha value is -3.26. The molecule has 0 radical (unpaired) electrons. The molecule has 0 aromatic heterocycles. The van der Waals surface area contributed by atoms with Crippen molar-refractivity contribution in [2.24, 2.45) is 5.16 Å². The second kappa shape index (κ2) is 10.5. The van der Waals surface area contributed by atoms with Crippen molar-refractivity contribution in [3.63, 3.8) is 0 Å². The number of rotatable bonds is 10. The number of amides is 1. The summed E-state index contributed by atoms with van der Waals surface area (Å²) in [6.07, 6.45) is -0.576. The quantitative estimate of drug-likeness (QED) is 0.617. The first-order valence-electron chi connectivity index (χ1n) is 9.64. The van der Waals surface area contributed by atoms with E-state index in [9.17, 15) is 9.90 Å². The molecule has 1 amide bonds. The SMILES string of the molecule is COc1cccc(CC2=NOC(C(=O)NCC(O)COc3cccc(OC)c3)C2)c1. The van der Waals surface area contributed by atoms with Crippen LogP contribution in [0.15, 0.2) is 53.7 Å². The van der Waals surface area contributed by atoms with Gasteiger partial charge < -0.3 is 29.5 Å². The molecule has 0 fully saturated rings. The summed E-state index contributed by atoms with van der Waals surface area (Å²) in [6.45, 7) is 0.0877. The Morgan fingerprint density at radius 2 is 1.87 bits per heavy atom. The van der Waals surface area contributed by atoms with E-state index >= 15 is 0 Å². The second-order valence-corrected chi connectivity index (χ2v) is 6.87. The molecule has 8 nitrogen and oxygen atoms in total. The number of methoxy groups -OCH3 is 2. The van der Waals surface area contributed by atoms with Crippen LogP contribution in [-0.4, -0.2) is 56.3 Å². The lowest BCUT2D eigenvalue weighted by atomic mass is 10.0. The van der Waals surface area contributed by atoms with Crippen LogP contribution < -0.4 is 19.5 Å². The molecule has 2 unspecified atom stereocenters. The van der Waals surface area contributed by atoms with Gasteiger partial charge in [-0.2, -0.15) is 0 Å². The van der Waals surface area contributed by atoms with Crippen molar-refractivity contribution in [2.45, 2.75) is 25.0 Å². The van der Waals surface area contributed by atoms with E-state index in [1.54, 1.807) is 38.5 Å². The van der Waals surface area contributed by atoms with E-state index in [0.717, 1.165) is 17.0 Å². The molecule has 160 valence electrons. The second-order valence-electron chi connectivity index (χ2n) is 6.87. The average molecular weight is 414 g/mol. The molecular weight excluding hydrogens is 388 g/mol. The molecule has 8 heteroatoms. The van der Waals surface area contributed by atoms with E-state index in [1.165, 1.54) is 0 Å². The molecule has 3 rings (SSSR count). The number of hydrogen-bond donors (Lipinski definition) is 2. The third-order valence-corrected chi connectivity index (χ3v) is 4.56. The van der Waals surface area contributed by atoms with Crippen molar-refractivity contribution in [3.05, 3.63) is 54.1 Å². The summed E-state index contributed by atoms with van der Waals surface area (Å²) < 4.78 is 15.9. The van der Waals surface area contributed by atoms with Crippen LogP contribution in [0.5, 0.6) is 17.2 Å². The van der Waals surface area contributed by atoms with Crippen LogP contribution in [0.3, 0.4) is 0 Å². The van der Waals surface area contributed by atoms with Gasteiger partial charge in [-0.05, 0) is 29.8 Å². The van der Waals surface area contributed by atoms with Crippen LogP contribution in [0, 0.1) is 0 Å². The number of nitrogens with zero attached hydrogens (tertiary/aromatic N) is 1. The smallest absolute Gasteiger partial charge is 0.264 e. The van der Waals surface area contributed by atoms with Gasteiger partial charge in [0.05, 0.1) is 19.9 Å². The van der Waals surface area contributed by atoms with Crippen LogP contribution >= 0.6 is 0 Å². The van der Waals surface area contributed by atoms with Crippen molar-refractivity contribution >= 4 is 11.6 Å². The Kier molecular flexibility index (Phi) is 7.51. The Labute approximate surface area is 175 Å². The number of aliphatic hydroxyl groups excluding tert-OH is 1.